The average Bonchev–Trinajstić information content (AvgIpc) is 2.14. The zero-order valence-corrected chi connectivity index (χ0v) is 8.91. The van der Waals surface area contributed by atoms with Crippen LogP contribution in [0.4, 0.5) is 11.5 Å². The lowest BCUT2D eigenvalue weighted by Gasteiger charge is -2.05. The number of halogens is 1. The van der Waals surface area contributed by atoms with Gasteiger partial charge < -0.3 is 5.32 Å². The van der Waals surface area contributed by atoms with Crippen LogP contribution in [0.25, 0.3) is 0 Å². The van der Waals surface area contributed by atoms with Gasteiger partial charge in [-0.25, -0.2) is 4.98 Å². The Morgan fingerprint density at radius 1 is 1.73 bits per heavy atom. The van der Waals surface area contributed by atoms with Gasteiger partial charge >= 0.3 is 5.69 Å². The summed E-state index contributed by atoms with van der Waals surface area (Å²) in [5, 5.41) is 13.6. The molecule has 1 rings (SSSR count). The Hall–Kier alpha value is -1.62. The summed E-state index contributed by atoms with van der Waals surface area (Å²) in [7, 11) is 0. The van der Waals surface area contributed by atoms with Crippen LogP contribution >= 0.6 is 11.6 Å². The summed E-state index contributed by atoms with van der Waals surface area (Å²) in [6.07, 6.45) is 0. The summed E-state index contributed by atoms with van der Waals surface area (Å²) in [6.45, 7) is 5.91. The molecular weight excluding hydrogens is 218 g/mol. The maximum atomic E-state index is 10.6. The van der Waals surface area contributed by atoms with Crippen LogP contribution in [0.2, 0.25) is 5.15 Å². The molecule has 0 aliphatic rings. The summed E-state index contributed by atoms with van der Waals surface area (Å²) >= 11 is 5.64. The van der Waals surface area contributed by atoms with Gasteiger partial charge in [-0.15, -0.1) is 0 Å². The molecule has 1 N–H and O–H groups in total. The Bertz CT molecular complexity index is 406. The van der Waals surface area contributed by atoms with Gasteiger partial charge in [-0.3, -0.25) is 10.1 Å². The van der Waals surface area contributed by atoms with Gasteiger partial charge in [0.1, 0.15) is 5.15 Å². The molecule has 0 saturated carbocycles. The van der Waals surface area contributed by atoms with E-state index in [1.165, 1.54) is 12.1 Å². The van der Waals surface area contributed by atoms with Crippen molar-refractivity contribution in [3.63, 3.8) is 0 Å². The van der Waals surface area contributed by atoms with E-state index in [1.54, 1.807) is 0 Å². The Morgan fingerprint density at radius 3 is 2.93 bits per heavy atom. The van der Waals surface area contributed by atoms with E-state index in [0.29, 0.717) is 6.54 Å². The minimum Gasteiger partial charge on any atom is -0.361 e. The standard InChI is InChI=1S/C9H10ClN3O2/c1-6(2)5-11-9-7(13(14)15)3-4-8(10)12-9/h3-4H,1,5H2,2H3,(H,11,12). The fourth-order valence-corrected chi connectivity index (χ4v) is 1.09. The SMILES string of the molecule is C=C(C)CNc1nc(Cl)ccc1[N+](=O)[O-]. The van der Waals surface area contributed by atoms with Crippen LogP contribution in [-0.4, -0.2) is 16.5 Å². The third-order valence-corrected chi connectivity index (χ3v) is 1.80. The van der Waals surface area contributed by atoms with E-state index in [2.05, 4.69) is 16.9 Å². The van der Waals surface area contributed by atoms with E-state index in [-0.39, 0.29) is 16.7 Å². The van der Waals surface area contributed by atoms with Crippen molar-refractivity contribution in [2.24, 2.45) is 0 Å². The molecule has 1 aromatic heterocycles. The van der Waals surface area contributed by atoms with Crippen LogP contribution in [0, 0.1) is 10.1 Å². The highest BCUT2D eigenvalue weighted by molar-refractivity contribution is 6.29. The van der Waals surface area contributed by atoms with E-state index in [4.69, 9.17) is 11.6 Å². The number of pyridine rings is 1. The van der Waals surface area contributed by atoms with Gasteiger partial charge in [0.15, 0.2) is 0 Å². The smallest absolute Gasteiger partial charge is 0.311 e. The molecule has 15 heavy (non-hydrogen) atoms. The van der Waals surface area contributed by atoms with Gasteiger partial charge in [-0.1, -0.05) is 23.8 Å². The van der Waals surface area contributed by atoms with Gasteiger partial charge in [0.2, 0.25) is 5.82 Å². The van der Waals surface area contributed by atoms with Gasteiger partial charge in [0, 0.05) is 12.6 Å². The van der Waals surface area contributed by atoms with Crippen LogP contribution in [0.1, 0.15) is 6.92 Å². The van der Waals surface area contributed by atoms with Gasteiger partial charge in [0.25, 0.3) is 0 Å². The van der Waals surface area contributed by atoms with Gasteiger partial charge in [-0.05, 0) is 13.0 Å². The Kier molecular flexibility index (Phi) is 3.62. The van der Waals surface area contributed by atoms with Crippen molar-refractivity contribution in [2.45, 2.75) is 6.92 Å². The molecule has 0 atom stereocenters. The highest BCUT2D eigenvalue weighted by Gasteiger charge is 2.14. The largest absolute Gasteiger partial charge is 0.361 e. The molecule has 0 unspecified atom stereocenters. The average molecular weight is 228 g/mol. The first-order valence-corrected chi connectivity index (χ1v) is 4.57. The summed E-state index contributed by atoms with van der Waals surface area (Å²) in [5.41, 5.74) is 0.756. The maximum Gasteiger partial charge on any atom is 0.311 e. The lowest BCUT2D eigenvalue weighted by Crippen LogP contribution is -2.06. The van der Waals surface area contributed by atoms with Crippen molar-refractivity contribution in [2.75, 3.05) is 11.9 Å². The highest BCUT2D eigenvalue weighted by atomic mass is 35.5. The van der Waals surface area contributed by atoms with E-state index < -0.39 is 4.92 Å². The summed E-state index contributed by atoms with van der Waals surface area (Å²) in [4.78, 5) is 14.0. The Balaban J connectivity index is 2.96. The zero-order chi connectivity index (χ0) is 11.4. The van der Waals surface area contributed by atoms with Gasteiger partial charge in [-0.2, -0.15) is 0 Å². The van der Waals surface area contributed by atoms with Gasteiger partial charge in [0.05, 0.1) is 4.92 Å². The van der Waals surface area contributed by atoms with E-state index in [9.17, 15) is 10.1 Å². The lowest BCUT2D eigenvalue weighted by molar-refractivity contribution is -0.384. The maximum absolute atomic E-state index is 10.6. The number of nitrogens with zero attached hydrogens (tertiary/aromatic N) is 2. The van der Waals surface area contributed by atoms with Crippen molar-refractivity contribution in [1.29, 1.82) is 0 Å². The fraction of sp³-hybridized carbons (Fsp3) is 0.222. The molecule has 0 fully saturated rings. The molecule has 80 valence electrons. The molecule has 0 amide bonds. The molecule has 1 aromatic rings. The third kappa shape index (κ3) is 3.21. The molecular formula is C9H10ClN3O2. The molecule has 5 nitrogen and oxygen atoms in total. The zero-order valence-electron chi connectivity index (χ0n) is 8.16. The number of aromatic nitrogens is 1. The second-order valence-corrected chi connectivity index (χ2v) is 3.46. The predicted molar refractivity (Wildman–Crippen MR) is 59.2 cm³/mol. The van der Waals surface area contributed by atoms with Crippen LogP contribution in [0.15, 0.2) is 24.3 Å². The number of hydrogen-bond donors (Lipinski definition) is 1. The minimum absolute atomic E-state index is 0.0966. The minimum atomic E-state index is -0.510. The molecule has 6 heteroatoms. The van der Waals surface area contributed by atoms with Crippen LogP contribution < -0.4 is 5.32 Å². The summed E-state index contributed by atoms with van der Waals surface area (Å²) < 4.78 is 0. The topological polar surface area (TPSA) is 68.1 Å². The second-order valence-electron chi connectivity index (χ2n) is 3.07. The first kappa shape index (κ1) is 11.5. The third-order valence-electron chi connectivity index (χ3n) is 1.59. The fourth-order valence-electron chi connectivity index (χ4n) is 0.940. The molecule has 0 aliphatic carbocycles. The summed E-state index contributed by atoms with van der Waals surface area (Å²) in [5.74, 6) is 0.163. The van der Waals surface area contributed by atoms with Crippen molar-refractivity contribution in [1.82, 2.24) is 4.98 Å². The highest BCUT2D eigenvalue weighted by Crippen LogP contribution is 2.23. The van der Waals surface area contributed by atoms with E-state index >= 15 is 0 Å². The van der Waals surface area contributed by atoms with Crippen LogP contribution in [0.3, 0.4) is 0 Å². The second kappa shape index (κ2) is 4.75. The Morgan fingerprint density at radius 2 is 2.40 bits per heavy atom. The molecule has 1 heterocycles. The molecule has 0 aromatic carbocycles. The number of nitro groups is 1. The first-order chi connectivity index (χ1) is 7.00. The lowest BCUT2D eigenvalue weighted by atomic mass is 10.3. The number of hydrogen-bond acceptors (Lipinski definition) is 4. The van der Waals surface area contributed by atoms with Crippen molar-refractivity contribution in [3.05, 3.63) is 39.6 Å². The number of nitrogens with one attached hydrogen (secondary N) is 1. The van der Waals surface area contributed by atoms with Crippen LogP contribution in [-0.2, 0) is 0 Å². The van der Waals surface area contributed by atoms with E-state index in [1.807, 2.05) is 6.92 Å². The Labute approximate surface area is 91.9 Å². The first-order valence-electron chi connectivity index (χ1n) is 4.20. The normalized spacial score (nSPS) is 9.73. The number of anilines is 1. The van der Waals surface area contributed by atoms with E-state index in [0.717, 1.165) is 5.57 Å². The van der Waals surface area contributed by atoms with Crippen molar-refractivity contribution < 1.29 is 4.92 Å². The molecule has 0 spiro atoms. The van der Waals surface area contributed by atoms with Crippen molar-refractivity contribution >= 4 is 23.1 Å². The van der Waals surface area contributed by atoms with Crippen LogP contribution in [0.5, 0.6) is 0 Å². The molecule has 0 aliphatic heterocycles. The quantitative estimate of drug-likeness (QED) is 0.372. The molecule has 0 radical (unpaired) electrons. The predicted octanol–water partition coefficient (Wildman–Crippen LogP) is 2.63. The van der Waals surface area contributed by atoms with Crippen molar-refractivity contribution in [3.8, 4) is 0 Å². The summed E-state index contributed by atoms with van der Waals surface area (Å²) in [6, 6.07) is 2.70. The monoisotopic (exact) mass is 227 g/mol. The molecule has 0 saturated heterocycles. The number of rotatable bonds is 4. The molecule has 0 bridgehead atoms.